The number of aryl methyl sites for hydroxylation is 1. The first kappa shape index (κ1) is 49.3. The van der Waals surface area contributed by atoms with Gasteiger partial charge in [-0.1, -0.05) is 271 Å². The summed E-state index contributed by atoms with van der Waals surface area (Å²) in [4.78, 5) is 0. The Balaban J connectivity index is 0.000000408. The lowest BCUT2D eigenvalue weighted by molar-refractivity contribution is 1.50. The van der Waals surface area contributed by atoms with Crippen LogP contribution in [-0.2, 0) is 0 Å². The molecular formula is C57H70. The molecule has 0 saturated heterocycles. The Hall–Kier alpha value is -5.72. The Morgan fingerprint density at radius 1 is 0.193 bits per heavy atom. The molecule has 298 valence electrons. The van der Waals surface area contributed by atoms with E-state index in [0.29, 0.717) is 0 Å². The molecule has 0 bridgehead atoms. The smallest absolute Gasteiger partial charge is 0.00266 e. The maximum Gasteiger partial charge on any atom is -0.00266 e. The summed E-state index contributed by atoms with van der Waals surface area (Å²) in [5.41, 5.74) is 3.98. The summed E-state index contributed by atoms with van der Waals surface area (Å²) in [6, 6.07) is 66.1. The Morgan fingerprint density at radius 2 is 0.368 bits per heavy atom. The Kier molecular flexibility index (Phi) is 25.6. The maximum absolute atomic E-state index is 2.23. The van der Waals surface area contributed by atoms with Crippen molar-refractivity contribution in [2.24, 2.45) is 0 Å². The first-order valence-electron chi connectivity index (χ1n) is 21.5. The van der Waals surface area contributed by atoms with Gasteiger partial charge in [-0.05, 0) is 77.5 Å². The number of rotatable bonds is 1. The molecule has 9 aromatic carbocycles. The molecule has 0 N–H and O–H groups in total. The number of hydrogen-bond acceptors (Lipinski definition) is 0. The summed E-state index contributed by atoms with van der Waals surface area (Å²) in [6.07, 6.45) is 0. The van der Waals surface area contributed by atoms with Gasteiger partial charge in [0.05, 0.1) is 0 Å². The molecule has 0 atom stereocenters. The molecule has 57 heavy (non-hydrogen) atoms. The topological polar surface area (TPSA) is 0 Å². The molecular weight excluding hydrogens is 685 g/mol. The highest BCUT2D eigenvalue weighted by molar-refractivity contribution is 6.25. The van der Waals surface area contributed by atoms with Crippen LogP contribution in [0.2, 0.25) is 0 Å². The lowest BCUT2D eigenvalue weighted by atomic mass is 9.89. The third-order valence-electron chi connectivity index (χ3n) is 8.58. The van der Waals surface area contributed by atoms with Gasteiger partial charge in [0.25, 0.3) is 0 Å². The molecule has 0 heterocycles. The summed E-state index contributed by atoms with van der Waals surface area (Å²) >= 11 is 0. The van der Waals surface area contributed by atoms with Crippen molar-refractivity contribution in [3.8, 4) is 11.1 Å². The Bertz CT molecular complexity index is 2060. The summed E-state index contributed by atoms with van der Waals surface area (Å²) in [5.74, 6) is 0. The largest absolute Gasteiger partial charge is 0.0683 e. The molecule has 0 spiro atoms. The van der Waals surface area contributed by atoms with E-state index in [1.165, 1.54) is 70.6 Å². The average Bonchev–Trinajstić information content (AvgIpc) is 3.34. The van der Waals surface area contributed by atoms with Crippen molar-refractivity contribution in [1.29, 1.82) is 0 Å². The molecule has 9 rings (SSSR count). The van der Waals surface area contributed by atoms with Crippen molar-refractivity contribution >= 4 is 53.9 Å². The van der Waals surface area contributed by atoms with Gasteiger partial charge < -0.3 is 0 Å². The van der Waals surface area contributed by atoms with E-state index in [1.807, 2.05) is 119 Å². The molecule has 0 aliphatic rings. The van der Waals surface area contributed by atoms with E-state index in [1.54, 1.807) is 0 Å². The van der Waals surface area contributed by atoms with Crippen LogP contribution in [0.25, 0.3) is 65.0 Å². The highest BCUT2D eigenvalue weighted by Crippen LogP contribution is 2.39. The minimum atomic E-state index is 1.28. The highest BCUT2D eigenvalue weighted by Gasteiger charge is 2.12. The van der Waals surface area contributed by atoms with Gasteiger partial charge in [-0.15, -0.1) is 0 Å². The van der Waals surface area contributed by atoms with Crippen LogP contribution >= 0.6 is 0 Å². The monoisotopic (exact) mass is 755 g/mol. The van der Waals surface area contributed by atoms with E-state index in [-0.39, 0.29) is 0 Å². The average molecular weight is 755 g/mol. The third-order valence-corrected chi connectivity index (χ3v) is 8.58. The van der Waals surface area contributed by atoms with Crippen LogP contribution in [0, 0.1) is 6.92 Å². The fourth-order valence-electron chi connectivity index (χ4n) is 6.51. The zero-order valence-electron chi connectivity index (χ0n) is 37.4. The van der Waals surface area contributed by atoms with Crippen LogP contribution in [-0.4, -0.2) is 0 Å². The molecule has 9 aromatic rings. The molecule has 0 radical (unpaired) electrons. The van der Waals surface area contributed by atoms with Gasteiger partial charge in [0.2, 0.25) is 0 Å². The molecule has 0 aliphatic carbocycles. The van der Waals surface area contributed by atoms with Gasteiger partial charge in [-0.3, -0.25) is 0 Å². The molecule has 0 aliphatic heterocycles. The summed E-state index contributed by atoms with van der Waals surface area (Å²) in [6.45, 7) is 26.2. The van der Waals surface area contributed by atoms with E-state index in [0.717, 1.165) is 0 Å². The zero-order valence-corrected chi connectivity index (χ0v) is 37.4. The van der Waals surface area contributed by atoms with Gasteiger partial charge in [0, 0.05) is 0 Å². The maximum atomic E-state index is 2.23. The molecule has 0 nitrogen and oxygen atoms in total. The van der Waals surface area contributed by atoms with Crippen molar-refractivity contribution in [1.82, 2.24) is 0 Å². The Labute approximate surface area is 347 Å². The van der Waals surface area contributed by atoms with E-state index in [2.05, 4.69) is 159 Å². The van der Waals surface area contributed by atoms with Gasteiger partial charge in [0.1, 0.15) is 0 Å². The summed E-state index contributed by atoms with van der Waals surface area (Å²) in [5, 5.41) is 13.4. The van der Waals surface area contributed by atoms with Crippen molar-refractivity contribution in [2.45, 2.75) is 90.0 Å². The molecule has 0 aromatic heterocycles. The van der Waals surface area contributed by atoms with Crippen molar-refractivity contribution in [2.75, 3.05) is 0 Å². The van der Waals surface area contributed by atoms with Gasteiger partial charge in [0.15, 0.2) is 0 Å². The first-order chi connectivity index (χ1) is 28.3. The van der Waals surface area contributed by atoms with Gasteiger partial charge >= 0.3 is 0 Å². The predicted octanol–water partition coefficient (Wildman–Crippen LogP) is 19.0. The van der Waals surface area contributed by atoms with Crippen LogP contribution < -0.4 is 0 Å². The van der Waals surface area contributed by atoms with Crippen LogP contribution in [0.1, 0.15) is 88.6 Å². The van der Waals surface area contributed by atoms with E-state index >= 15 is 0 Å². The van der Waals surface area contributed by atoms with Gasteiger partial charge in [-0.2, -0.15) is 0 Å². The fourth-order valence-corrected chi connectivity index (χ4v) is 6.51. The first-order valence-corrected chi connectivity index (χ1v) is 21.5. The molecule has 0 fully saturated rings. The van der Waals surface area contributed by atoms with Crippen molar-refractivity contribution in [3.63, 3.8) is 0 Å². The number of benzene rings is 9. The zero-order chi connectivity index (χ0) is 42.4. The minimum Gasteiger partial charge on any atom is -0.0683 e. The third kappa shape index (κ3) is 12.9. The van der Waals surface area contributed by atoms with Crippen LogP contribution in [0.3, 0.4) is 0 Å². The highest BCUT2D eigenvalue weighted by atomic mass is 14.2. The number of fused-ring (bicyclic) bond motifs is 8. The molecule has 0 amide bonds. The van der Waals surface area contributed by atoms with Crippen molar-refractivity contribution < 1.29 is 0 Å². The van der Waals surface area contributed by atoms with Crippen molar-refractivity contribution in [3.05, 3.63) is 194 Å². The fraction of sp³-hybridized carbons (Fsp3) is 0.228. The normalized spacial score (nSPS) is 9.14. The quantitative estimate of drug-likeness (QED) is 0.116. The molecule has 0 heteroatoms. The predicted molar refractivity (Wildman–Crippen MR) is 265 cm³/mol. The summed E-state index contributed by atoms with van der Waals surface area (Å²) in [7, 11) is 0. The SMILES string of the molecule is CC.CC.CC.CC.CC.CC.Cc1c2ccccc2c(-c2ccccc2)c2ccccc12.c1ccc2c(c1)c1ccccc1c1ccccc21.c1ccccc1. The second kappa shape index (κ2) is 29.6. The second-order valence-electron chi connectivity index (χ2n) is 11.2. The lowest BCUT2D eigenvalue weighted by Crippen LogP contribution is -1.88. The molecule has 0 saturated carbocycles. The van der Waals surface area contributed by atoms with Crippen LogP contribution in [0.5, 0.6) is 0 Å². The number of hydrogen-bond donors (Lipinski definition) is 0. The van der Waals surface area contributed by atoms with E-state index < -0.39 is 0 Å². The lowest BCUT2D eigenvalue weighted by Gasteiger charge is -2.15. The van der Waals surface area contributed by atoms with E-state index in [9.17, 15) is 0 Å². The Morgan fingerprint density at radius 3 is 0.614 bits per heavy atom. The van der Waals surface area contributed by atoms with E-state index in [4.69, 9.17) is 0 Å². The van der Waals surface area contributed by atoms with Gasteiger partial charge in [-0.25, -0.2) is 0 Å². The summed E-state index contributed by atoms with van der Waals surface area (Å²) < 4.78 is 0. The molecule has 0 unspecified atom stereocenters. The standard InChI is InChI=1S/C21H16.C18H12.C6H6.6C2H6/c1-15-17-11-5-7-13-19(17)21(16-9-3-2-4-10-16)20-14-8-6-12-18(15)20;1-2-8-14-13(7-1)15-9-3-4-11-17(15)18-12-6-5-10-16(14)18;1-2-4-6-5-3-1;6*1-2/h2-14H,1H3;1-12H;1-6H;6*1-2H3. The van der Waals surface area contributed by atoms with Crippen LogP contribution in [0.15, 0.2) is 188 Å². The van der Waals surface area contributed by atoms with Crippen LogP contribution in [0.4, 0.5) is 0 Å². The second-order valence-corrected chi connectivity index (χ2v) is 11.2. The minimum absolute atomic E-state index is 1.28.